The van der Waals surface area contributed by atoms with Crippen molar-refractivity contribution >= 4 is 32.4 Å². The van der Waals surface area contributed by atoms with Crippen LogP contribution < -0.4 is 5.32 Å². The fourth-order valence-electron chi connectivity index (χ4n) is 2.34. The van der Waals surface area contributed by atoms with E-state index in [2.05, 4.69) is 10.3 Å². The average molecular weight is 412 g/mol. The molecule has 1 N–H and O–H groups in total. The third-order valence-corrected chi connectivity index (χ3v) is 6.52. The molecule has 0 atom stereocenters. The number of hydrogen-bond acceptors (Lipinski definition) is 6. The second kappa shape index (κ2) is 7.90. The molecule has 3 rings (SSSR count). The molecule has 1 heterocycles. The number of sulfonamides is 1. The lowest BCUT2D eigenvalue weighted by Crippen LogP contribution is -2.22. The maximum Gasteiger partial charge on any atom is 0.257 e. The molecule has 0 unspecified atom stereocenters. The summed E-state index contributed by atoms with van der Waals surface area (Å²) < 4.78 is 25.4. The van der Waals surface area contributed by atoms with Crippen LogP contribution in [0.5, 0.6) is 0 Å². The van der Waals surface area contributed by atoms with Crippen molar-refractivity contribution in [3.63, 3.8) is 0 Å². The number of nitriles is 1. The Morgan fingerprint density at radius 1 is 1.11 bits per heavy atom. The number of hydrogen-bond donors (Lipinski definition) is 1. The van der Waals surface area contributed by atoms with Crippen molar-refractivity contribution in [2.45, 2.75) is 4.90 Å². The Bertz CT molecular complexity index is 1140. The zero-order valence-electron chi connectivity index (χ0n) is 15.1. The number of amides is 1. The van der Waals surface area contributed by atoms with Crippen LogP contribution in [0.1, 0.15) is 15.9 Å². The van der Waals surface area contributed by atoms with Crippen molar-refractivity contribution < 1.29 is 13.2 Å². The van der Waals surface area contributed by atoms with Crippen LogP contribution in [0, 0.1) is 11.3 Å². The van der Waals surface area contributed by atoms with Crippen molar-refractivity contribution in [1.82, 2.24) is 9.29 Å². The molecule has 0 bridgehead atoms. The topological polar surface area (TPSA) is 103 Å². The van der Waals surface area contributed by atoms with E-state index in [-0.39, 0.29) is 10.8 Å². The lowest BCUT2D eigenvalue weighted by molar-refractivity contribution is 0.102. The molecule has 28 heavy (non-hydrogen) atoms. The molecule has 0 aliphatic rings. The Kier molecular flexibility index (Phi) is 5.56. The summed E-state index contributed by atoms with van der Waals surface area (Å²) in [7, 11) is -0.527. The smallest absolute Gasteiger partial charge is 0.257 e. The number of carbonyl (C=O) groups is 1. The summed E-state index contributed by atoms with van der Waals surface area (Å²) in [6.07, 6.45) is 0. The highest BCUT2D eigenvalue weighted by Crippen LogP contribution is 2.26. The predicted octanol–water partition coefficient (Wildman–Crippen LogP) is 3.18. The van der Waals surface area contributed by atoms with E-state index in [1.807, 2.05) is 6.07 Å². The van der Waals surface area contributed by atoms with Crippen molar-refractivity contribution in [3.8, 4) is 17.3 Å². The molecule has 0 saturated heterocycles. The summed E-state index contributed by atoms with van der Waals surface area (Å²) in [5.41, 5.74) is 2.28. The zero-order valence-corrected chi connectivity index (χ0v) is 16.7. The first-order valence-corrected chi connectivity index (χ1v) is 10.4. The molecule has 0 aliphatic heterocycles. The van der Waals surface area contributed by atoms with Crippen LogP contribution in [-0.2, 0) is 10.0 Å². The summed E-state index contributed by atoms with van der Waals surface area (Å²) in [6, 6.07) is 14.7. The minimum atomic E-state index is -3.48. The standard InChI is InChI=1S/C19H16N4O3S2/c1-23(2)28(25,26)16-9-7-14(8-10-16)17-12-27-19(21-17)22-18(24)15-5-3-13(11-20)4-6-15/h3-10,12H,1-2H3,(H,21,22,24). The summed E-state index contributed by atoms with van der Waals surface area (Å²) in [4.78, 5) is 16.9. The van der Waals surface area contributed by atoms with E-state index < -0.39 is 10.0 Å². The normalized spacial score (nSPS) is 11.2. The van der Waals surface area contributed by atoms with E-state index in [0.29, 0.717) is 22.0 Å². The molecule has 3 aromatic rings. The Balaban J connectivity index is 1.75. The second-order valence-corrected chi connectivity index (χ2v) is 9.00. The van der Waals surface area contributed by atoms with E-state index >= 15 is 0 Å². The molecule has 0 spiro atoms. The quantitative estimate of drug-likeness (QED) is 0.693. The van der Waals surface area contributed by atoms with Gasteiger partial charge in [0.25, 0.3) is 5.91 Å². The Morgan fingerprint density at radius 2 is 1.75 bits per heavy atom. The lowest BCUT2D eigenvalue weighted by Gasteiger charge is -2.11. The van der Waals surface area contributed by atoms with Crippen molar-refractivity contribution in [2.24, 2.45) is 0 Å². The van der Waals surface area contributed by atoms with Gasteiger partial charge in [0.15, 0.2) is 5.13 Å². The van der Waals surface area contributed by atoms with Crippen LogP contribution in [0.15, 0.2) is 58.8 Å². The van der Waals surface area contributed by atoms with Gasteiger partial charge in [-0.1, -0.05) is 12.1 Å². The number of rotatable bonds is 5. The SMILES string of the molecule is CN(C)S(=O)(=O)c1ccc(-c2csc(NC(=O)c3ccc(C#N)cc3)n2)cc1. The fraction of sp³-hybridized carbons (Fsp3) is 0.105. The zero-order chi connectivity index (χ0) is 20.3. The minimum absolute atomic E-state index is 0.200. The van der Waals surface area contributed by atoms with E-state index in [1.54, 1.807) is 41.8 Å². The van der Waals surface area contributed by atoms with Crippen molar-refractivity contribution in [3.05, 3.63) is 65.0 Å². The number of aromatic nitrogens is 1. The first-order chi connectivity index (χ1) is 13.3. The van der Waals surface area contributed by atoms with E-state index in [4.69, 9.17) is 5.26 Å². The first kappa shape index (κ1) is 19.7. The number of benzene rings is 2. The van der Waals surface area contributed by atoms with E-state index in [0.717, 1.165) is 9.87 Å². The monoisotopic (exact) mass is 412 g/mol. The largest absolute Gasteiger partial charge is 0.298 e. The minimum Gasteiger partial charge on any atom is -0.298 e. The van der Waals surface area contributed by atoms with Gasteiger partial charge < -0.3 is 0 Å². The van der Waals surface area contributed by atoms with Crippen LogP contribution in [-0.4, -0.2) is 37.7 Å². The van der Waals surface area contributed by atoms with Crippen LogP contribution in [0.3, 0.4) is 0 Å². The van der Waals surface area contributed by atoms with Gasteiger partial charge in [-0.05, 0) is 36.4 Å². The van der Waals surface area contributed by atoms with Crippen LogP contribution in [0.25, 0.3) is 11.3 Å². The van der Waals surface area contributed by atoms with Gasteiger partial charge in [-0.15, -0.1) is 11.3 Å². The summed E-state index contributed by atoms with van der Waals surface area (Å²) in [5, 5.41) is 13.7. The summed E-state index contributed by atoms with van der Waals surface area (Å²) in [6.45, 7) is 0. The highest BCUT2D eigenvalue weighted by Gasteiger charge is 2.17. The van der Waals surface area contributed by atoms with Crippen molar-refractivity contribution in [2.75, 3.05) is 19.4 Å². The van der Waals surface area contributed by atoms with E-state index in [1.165, 1.54) is 37.6 Å². The molecule has 1 aromatic heterocycles. The van der Waals surface area contributed by atoms with Gasteiger partial charge in [0.05, 0.1) is 22.2 Å². The molecule has 0 radical (unpaired) electrons. The number of nitrogens with one attached hydrogen (secondary N) is 1. The highest BCUT2D eigenvalue weighted by atomic mass is 32.2. The molecule has 9 heteroatoms. The third-order valence-electron chi connectivity index (χ3n) is 3.93. The highest BCUT2D eigenvalue weighted by molar-refractivity contribution is 7.89. The lowest BCUT2D eigenvalue weighted by atomic mass is 10.1. The van der Waals surface area contributed by atoms with Crippen molar-refractivity contribution in [1.29, 1.82) is 5.26 Å². The first-order valence-electron chi connectivity index (χ1n) is 8.11. The van der Waals surface area contributed by atoms with Gasteiger partial charge >= 0.3 is 0 Å². The molecule has 0 aliphatic carbocycles. The van der Waals surface area contributed by atoms with Gasteiger partial charge in [0, 0.05) is 30.6 Å². The summed E-state index contributed by atoms with van der Waals surface area (Å²) in [5.74, 6) is -0.321. The number of nitrogens with zero attached hydrogens (tertiary/aromatic N) is 3. The van der Waals surface area contributed by atoms with Gasteiger partial charge in [0.2, 0.25) is 10.0 Å². The van der Waals surface area contributed by atoms with Crippen LogP contribution in [0.4, 0.5) is 5.13 Å². The third kappa shape index (κ3) is 4.09. The number of anilines is 1. The number of thiazole rings is 1. The van der Waals surface area contributed by atoms with E-state index in [9.17, 15) is 13.2 Å². The van der Waals surface area contributed by atoms with Gasteiger partial charge in [-0.25, -0.2) is 17.7 Å². The van der Waals surface area contributed by atoms with Gasteiger partial charge in [-0.3, -0.25) is 10.1 Å². The molecule has 0 saturated carbocycles. The van der Waals surface area contributed by atoms with Crippen LogP contribution >= 0.6 is 11.3 Å². The molecule has 2 aromatic carbocycles. The Morgan fingerprint density at radius 3 is 2.32 bits per heavy atom. The molecule has 142 valence electrons. The molecular weight excluding hydrogens is 396 g/mol. The van der Waals surface area contributed by atoms with Gasteiger partial charge in [-0.2, -0.15) is 5.26 Å². The van der Waals surface area contributed by atoms with Gasteiger partial charge in [0.1, 0.15) is 0 Å². The number of carbonyl (C=O) groups excluding carboxylic acids is 1. The Hall–Kier alpha value is -3.06. The molecule has 1 amide bonds. The second-order valence-electron chi connectivity index (χ2n) is 5.99. The maximum absolute atomic E-state index is 12.3. The molecule has 7 nitrogen and oxygen atoms in total. The molecular formula is C19H16N4O3S2. The molecule has 0 fully saturated rings. The Labute approximate surface area is 166 Å². The predicted molar refractivity (Wildman–Crippen MR) is 108 cm³/mol. The maximum atomic E-state index is 12.3. The van der Waals surface area contributed by atoms with Crippen LogP contribution in [0.2, 0.25) is 0 Å². The fourth-order valence-corrected chi connectivity index (χ4v) is 3.95. The average Bonchev–Trinajstić information content (AvgIpc) is 3.16. The summed E-state index contributed by atoms with van der Waals surface area (Å²) >= 11 is 1.27.